The first-order valence-corrected chi connectivity index (χ1v) is 7.84. The molecule has 7 nitrogen and oxygen atoms in total. The Hall–Kier alpha value is -2.28. The highest BCUT2D eigenvalue weighted by atomic mass is 16.3. The molecule has 0 aliphatic heterocycles. The van der Waals surface area contributed by atoms with Crippen molar-refractivity contribution < 1.29 is 9.90 Å². The fraction of sp³-hybridized carbons (Fsp3) is 0.500. The molecule has 124 valence electrons. The van der Waals surface area contributed by atoms with Crippen LogP contribution in [0.5, 0.6) is 0 Å². The van der Waals surface area contributed by atoms with E-state index in [1.54, 1.807) is 6.92 Å². The van der Waals surface area contributed by atoms with Gasteiger partial charge in [0.2, 0.25) is 11.7 Å². The van der Waals surface area contributed by atoms with Gasteiger partial charge in [-0.05, 0) is 25.0 Å². The monoisotopic (exact) mass is 317 g/mol. The summed E-state index contributed by atoms with van der Waals surface area (Å²) in [5, 5.41) is 25.2. The van der Waals surface area contributed by atoms with Crippen LogP contribution in [-0.2, 0) is 4.79 Å². The van der Waals surface area contributed by atoms with E-state index >= 15 is 0 Å². The van der Waals surface area contributed by atoms with Gasteiger partial charge in [0, 0.05) is 12.1 Å². The van der Waals surface area contributed by atoms with Gasteiger partial charge in [0.25, 0.3) is 0 Å². The van der Waals surface area contributed by atoms with E-state index in [1.807, 2.05) is 44.2 Å². The van der Waals surface area contributed by atoms with Crippen LogP contribution in [0.1, 0.15) is 39.7 Å². The van der Waals surface area contributed by atoms with Crippen LogP contribution in [0, 0.1) is 0 Å². The number of carbonyl (C=O) groups excluding carboxylic acids is 1. The second kappa shape index (κ2) is 7.32. The van der Waals surface area contributed by atoms with Crippen molar-refractivity contribution in [2.75, 3.05) is 6.54 Å². The van der Waals surface area contributed by atoms with Gasteiger partial charge in [0.05, 0.1) is 5.60 Å². The third-order valence-corrected chi connectivity index (χ3v) is 4.09. The molecule has 0 aliphatic carbocycles. The van der Waals surface area contributed by atoms with Gasteiger partial charge in [0.1, 0.15) is 6.04 Å². The van der Waals surface area contributed by atoms with Gasteiger partial charge in [-0.2, -0.15) is 4.80 Å². The molecule has 0 saturated heterocycles. The largest absolute Gasteiger partial charge is 0.388 e. The predicted molar refractivity (Wildman–Crippen MR) is 86.5 cm³/mol. The number of aromatic nitrogens is 4. The molecular weight excluding hydrogens is 294 g/mol. The topological polar surface area (TPSA) is 92.9 Å². The van der Waals surface area contributed by atoms with E-state index in [4.69, 9.17) is 0 Å². The van der Waals surface area contributed by atoms with E-state index in [-0.39, 0.29) is 12.5 Å². The van der Waals surface area contributed by atoms with Crippen molar-refractivity contribution in [1.29, 1.82) is 0 Å². The van der Waals surface area contributed by atoms with Gasteiger partial charge in [-0.3, -0.25) is 4.79 Å². The third-order valence-electron chi connectivity index (χ3n) is 4.09. The average Bonchev–Trinajstić information content (AvgIpc) is 3.09. The molecule has 1 heterocycles. The maximum absolute atomic E-state index is 12.2. The highest BCUT2D eigenvalue weighted by Gasteiger charge is 2.25. The van der Waals surface area contributed by atoms with Crippen molar-refractivity contribution >= 4 is 5.91 Å². The van der Waals surface area contributed by atoms with Crippen LogP contribution >= 0.6 is 0 Å². The Morgan fingerprint density at radius 2 is 1.96 bits per heavy atom. The number of nitrogens with one attached hydrogen (secondary N) is 1. The maximum atomic E-state index is 12.2. The highest BCUT2D eigenvalue weighted by molar-refractivity contribution is 5.79. The van der Waals surface area contributed by atoms with Gasteiger partial charge in [-0.15, -0.1) is 10.2 Å². The van der Waals surface area contributed by atoms with Crippen LogP contribution in [0.4, 0.5) is 0 Å². The molecule has 1 aromatic carbocycles. The normalized spacial score (nSPS) is 12.9. The Kier molecular flexibility index (Phi) is 5.44. The van der Waals surface area contributed by atoms with Gasteiger partial charge in [-0.25, -0.2) is 0 Å². The van der Waals surface area contributed by atoms with E-state index in [0.717, 1.165) is 5.56 Å². The van der Waals surface area contributed by atoms with Crippen molar-refractivity contribution in [3.8, 4) is 11.4 Å². The van der Waals surface area contributed by atoms with E-state index < -0.39 is 11.6 Å². The number of hydrogen-bond donors (Lipinski definition) is 2. The van der Waals surface area contributed by atoms with E-state index in [1.165, 1.54) is 4.80 Å². The number of hydrogen-bond acceptors (Lipinski definition) is 5. The summed E-state index contributed by atoms with van der Waals surface area (Å²) in [5.74, 6) is 0.228. The Morgan fingerprint density at radius 1 is 1.30 bits per heavy atom. The molecule has 0 spiro atoms. The summed E-state index contributed by atoms with van der Waals surface area (Å²) in [5.41, 5.74) is -0.0295. The molecule has 0 bridgehead atoms. The molecule has 7 heteroatoms. The number of nitrogens with zero attached hydrogens (tertiary/aromatic N) is 4. The molecular formula is C16H23N5O2. The van der Waals surface area contributed by atoms with Crippen molar-refractivity contribution in [3.05, 3.63) is 30.3 Å². The summed E-state index contributed by atoms with van der Waals surface area (Å²) >= 11 is 0. The lowest BCUT2D eigenvalue weighted by atomic mass is 9.97. The molecule has 1 amide bonds. The van der Waals surface area contributed by atoms with Crippen molar-refractivity contribution in [1.82, 2.24) is 25.5 Å². The zero-order valence-electron chi connectivity index (χ0n) is 13.7. The first kappa shape index (κ1) is 17.1. The Morgan fingerprint density at radius 3 is 2.57 bits per heavy atom. The highest BCUT2D eigenvalue weighted by Crippen LogP contribution is 2.15. The fourth-order valence-corrected chi connectivity index (χ4v) is 2.10. The number of aliphatic hydroxyl groups is 1. The smallest absolute Gasteiger partial charge is 0.246 e. The van der Waals surface area contributed by atoms with Gasteiger partial charge < -0.3 is 10.4 Å². The van der Waals surface area contributed by atoms with Crippen molar-refractivity contribution in [3.63, 3.8) is 0 Å². The number of tetrazole rings is 1. The minimum atomic E-state index is -0.875. The summed E-state index contributed by atoms with van der Waals surface area (Å²) in [7, 11) is 0. The molecule has 1 unspecified atom stereocenters. The molecule has 0 saturated carbocycles. The second-order valence-electron chi connectivity index (χ2n) is 5.62. The fourth-order valence-electron chi connectivity index (χ4n) is 2.10. The summed E-state index contributed by atoms with van der Waals surface area (Å²) in [6.45, 7) is 5.69. The van der Waals surface area contributed by atoms with Gasteiger partial charge in [0.15, 0.2) is 0 Å². The van der Waals surface area contributed by atoms with E-state index in [9.17, 15) is 9.90 Å². The molecule has 1 atom stereocenters. The maximum Gasteiger partial charge on any atom is 0.246 e. The SMILES string of the molecule is CCC(O)(CC)CNC(=O)C(C)n1nnc(-c2ccccc2)n1. The number of carbonyl (C=O) groups is 1. The minimum absolute atomic E-state index is 0.212. The molecule has 0 radical (unpaired) electrons. The number of rotatable bonds is 7. The lowest BCUT2D eigenvalue weighted by Gasteiger charge is -2.26. The number of amides is 1. The molecule has 0 fully saturated rings. The summed E-state index contributed by atoms with van der Waals surface area (Å²) in [4.78, 5) is 13.5. The van der Waals surface area contributed by atoms with E-state index in [0.29, 0.717) is 18.7 Å². The van der Waals surface area contributed by atoms with Gasteiger partial charge in [-0.1, -0.05) is 44.2 Å². The van der Waals surface area contributed by atoms with E-state index in [2.05, 4.69) is 20.7 Å². The second-order valence-corrected chi connectivity index (χ2v) is 5.62. The zero-order chi connectivity index (χ0) is 16.9. The molecule has 2 rings (SSSR count). The molecule has 1 aromatic heterocycles. The molecule has 2 aromatic rings. The quantitative estimate of drug-likeness (QED) is 0.808. The summed E-state index contributed by atoms with van der Waals surface area (Å²) in [6.07, 6.45) is 1.16. The Labute approximate surface area is 135 Å². The summed E-state index contributed by atoms with van der Waals surface area (Å²) < 4.78 is 0. The van der Waals surface area contributed by atoms with Gasteiger partial charge >= 0.3 is 0 Å². The van der Waals surface area contributed by atoms with Crippen LogP contribution in [0.25, 0.3) is 11.4 Å². The van der Waals surface area contributed by atoms with Crippen LogP contribution in [0.2, 0.25) is 0 Å². The predicted octanol–water partition coefficient (Wildman–Crippen LogP) is 1.57. The lowest BCUT2D eigenvalue weighted by Crippen LogP contribution is -2.44. The van der Waals surface area contributed by atoms with Crippen molar-refractivity contribution in [2.24, 2.45) is 0 Å². The lowest BCUT2D eigenvalue weighted by molar-refractivity contribution is -0.125. The third kappa shape index (κ3) is 4.13. The number of benzene rings is 1. The first-order chi connectivity index (χ1) is 11.0. The Bertz CT molecular complexity index is 637. The Balaban J connectivity index is 2.02. The van der Waals surface area contributed by atoms with Crippen molar-refractivity contribution in [2.45, 2.75) is 45.3 Å². The average molecular weight is 317 g/mol. The standard InChI is InChI=1S/C16H23N5O2/c1-4-16(23,5-2)11-17-15(22)12(3)21-19-14(18-20-21)13-9-7-6-8-10-13/h6-10,12,23H,4-5,11H2,1-3H3,(H,17,22). The van der Waals surface area contributed by atoms with Crippen LogP contribution in [0.15, 0.2) is 30.3 Å². The molecule has 0 aliphatic rings. The van der Waals surface area contributed by atoms with Crippen LogP contribution in [-0.4, -0.2) is 43.4 Å². The van der Waals surface area contributed by atoms with Crippen LogP contribution < -0.4 is 5.32 Å². The molecule has 23 heavy (non-hydrogen) atoms. The zero-order valence-corrected chi connectivity index (χ0v) is 13.7. The minimum Gasteiger partial charge on any atom is -0.388 e. The van der Waals surface area contributed by atoms with Crippen LogP contribution in [0.3, 0.4) is 0 Å². The summed E-state index contributed by atoms with van der Waals surface area (Å²) in [6, 6.07) is 8.86. The molecule has 2 N–H and O–H groups in total. The first-order valence-electron chi connectivity index (χ1n) is 7.84.